The fourth-order valence-corrected chi connectivity index (χ4v) is 2.07. The Morgan fingerprint density at radius 3 is 2.75 bits per heavy atom. The van der Waals surface area contributed by atoms with E-state index in [1.807, 2.05) is 6.07 Å². The number of aryl methyl sites for hydroxylation is 1. The van der Waals surface area contributed by atoms with Crippen LogP contribution in [0.5, 0.6) is 0 Å². The number of aromatic carboxylic acids is 1. The van der Waals surface area contributed by atoms with E-state index in [1.165, 1.54) is 11.1 Å². The Morgan fingerprint density at radius 1 is 1.25 bits per heavy atom. The van der Waals surface area contributed by atoms with Gasteiger partial charge in [-0.05, 0) is 37.1 Å². The highest BCUT2D eigenvalue weighted by Crippen LogP contribution is 2.18. The molecule has 0 saturated heterocycles. The molecule has 2 rings (SSSR count). The van der Waals surface area contributed by atoms with Gasteiger partial charge in [0.2, 0.25) is 0 Å². The van der Waals surface area contributed by atoms with Gasteiger partial charge < -0.3 is 16.2 Å². The van der Waals surface area contributed by atoms with Gasteiger partial charge in [0.15, 0.2) is 0 Å². The molecule has 4 N–H and O–H groups in total. The van der Waals surface area contributed by atoms with E-state index in [0.717, 1.165) is 18.7 Å². The number of carboxylic acids is 1. The standard InChI is InChI=1S/C16H18N2O2/c1-11-3-2-4-12(9-11)7-8-18-13-5-6-15(17)14(10-13)16(19)20/h2-6,9-10,18H,7-8,17H2,1H3,(H,19,20). The van der Waals surface area contributed by atoms with Crippen molar-refractivity contribution in [2.75, 3.05) is 17.6 Å². The van der Waals surface area contributed by atoms with Crippen molar-refractivity contribution < 1.29 is 9.90 Å². The van der Waals surface area contributed by atoms with E-state index in [9.17, 15) is 4.79 Å². The van der Waals surface area contributed by atoms with E-state index in [0.29, 0.717) is 0 Å². The zero-order valence-electron chi connectivity index (χ0n) is 11.4. The maximum Gasteiger partial charge on any atom is 0.337 e. The third-order valence-corrected chi connectivity index (χ3v) is 3.11. The van der Waals surface area contributed by atoms with E-state index in [2.05, 4.69) is 30.4 Å². The molecule has 0 aliphatic heterocycles. The third-order valence-electron chi connectivity index (χ3n) is 3.11. The van der Waals surface area contributed by atoms with Gasteiger partial charge in [-0.2, -0.15) is 0 Å². The number of anilines is 2. The minimum atomic E-state index is -1.01. The smallest absolute Gasteiger partial charge is 0.337 e. The summed E-state index contributed by atoms with van der Waals surface area (Å²) >= 11 is 0. The molecule has 2 aromatic carbocycles. The van der Waals surface area contributed by atoms with Crippen LogP contribution >= 0.6 is 0 Å². The fourth-order valence-electron chi connectivity index (χ4n) is 2.07. The van der Waals surface area contributed by atoms with Crippen LogP contribution in [-0.4, -0.2) is 17.6 Å². The second-order valence-corrected chi connectivity index (χ2v) is 4.77. The Kier molecular flexibility index (Phi) is 4.25. The first-order chi connectivity index (χ1) is 9.56. The summed E-state index contributed by atoms with van der Waals surface area (Å²) in [4.78, 5) is 11.0. The number of hydrogen-bond donors (Lipinski definition) is 3. The van der Waals surface area contributed by atoms with Crippen molar-refractivity contribution in [1.82, 2.24) is 0 Å². The van der Waals surface area contributed by atoms with Crippen molar-refractivity contribution in [3.63, 3.8) is 0 Å². The number of carboxylic acid groups (broad SMARTS) is 1. The summed E-state index contributed by atoms with van der Waals surface area (Å²) in [7, 11) is 0. The molecule has 20 heavy (non-hydrogen) atoms. The van der Waals surface area contributed by atoms with Crippen molar-refractivity contribution in [3.8, 4) is 0 Å². The van der Waals surface area contributed by atoms with E-state index < -0.39 is 5.97 Å². The summed E-state index contributed by atoms with van der Waals surface area (Å²) < 4.78 is 0. The Morgan fingerprint density at radius 2 is 2.05 bits per heavy atom. The number of nitrogens with one attached hydrogen (secondary N) is 1. The van der Waals surface area contributed by atoms with Gasteiger partial charge in [0.25, 0.3) is 0 Å². The Bertz CT molecular complexity index is 624. The number of hydrogen-bond acceptors (Lipinski definition) is 3. The van der Waals surface area contributed by atoms with E-state index in [1.54, 1.807) is 18.2 Å². The van der Waals surface area contributed by atoms with E-state index >= 15 is 0 Å². The second-order valence-electron chi connectivity index (χ2n) is 4.77. The van der Waals surface area contributed by atoms with Crippen LogP contribution in [0.1, 0.15) is 21.5 Å². The Labute approximate surface area is 118 Å². The van der Waals surface area contributed by atoms with Gasteiger partial charge in [-0.25, -0.2) is 4.79 Å². The van der Waals surface area contributed by atoms with Crippen LogP contribution in [0.15, 0.2) is 42.5 Å². The Hall–Kier alpha value is -2.49. The van der Waals surface area contributed by atoms with Crippen LogP contribution in [0.25, 0.3) is 0 Å². The Balaban J connectivity index is 1.97. The third kappa shape index (κ3) is 3.51. The highest BCUT2D eigenvalue weighted by atomic mass is 16.4. The summed E-state index contributed by atoms with van der Waals surface area (Å²) in [5.74, 6) is -1.01. The number of nitrogens with two attached hydrogens (primary N) is 1. The average molecular weight is 270 g/mol. The lowest BCUT2D eigenvalue weighted by molar-refractivity contribution is 0.0698. The first-order valence-corrected chi connectivity index (χ1v) is 6.48. The van der Waals surface area contributed by atoms with Gasteiger partial charge in [0, 0.05) is 17.9 Å². The van der Waals surface area contributed by atoms with E-state index in [4.69, 9.17) is 10.8 Å². The minimum absolute atomic E-state index is 0.130. The lowest BCUT2D eigenvalue weighted by atomic mass is 10.1. The quantitative estimate of drug-likeness (QED) is 0.730. The van der Waals surface area contributed by atoms with Gasteiger partial charge in [-0.15, -0.1) is 0 Å². The number of rotatable bonds is 5. The molecule has 4 heteroatoms. The molecule has 0 fully saturated rings. The van der Waals surface area contributed by atoms with Crippen LogP contribution in [-0.2, 0) is 6.42 Å². The van der Waals surface area contributed by atoms with Crippen LogP contribution in [0.4, 0.5) is 11.4 Å². The molecular weight excluding hydrogens is 252 g/mol. The normalized spacial score (nSPS) is 10.2. The summed E-state index contributed by atoms with van der Waals surface area (Å²) in [5, 5.41) is 12.2. The minimum Gasteiger partial charge on any atom is -0.478 e. The predicted molar refractivity (Wildman–Crippen MR) is 81.2 cm³/mol. The van der Waals surface area contributed by atoms with Crippen molar-refractivity contribution >= 4 is 17.3 Å². The highest BCUT2D eigenvalue weighted by Gasteiger charge is 2.08. The SMILES string of the molecule is Cc1cccc(CCNc2ccc(N)c(C(=O)O)c2)c1. The van der Waals surface area contributed by atoms with Crippen LogP contribution < -0.4 is 11.1 Å². The summed E-state index contributed by atoms with van der Waals surface area (Å²) in [6.45, 7) is 2.81. The summed E-state index contributed by atoms with van der Waals surface area (Å²) in [6.07, 6.45) is 0.883. The largest absolute Gasteiger partial charge is 0.478 e. The molecule has 0 saturated carbocycles. The van der Waals surface area contributed by atoms with Gasteiger partial charge in [-0.1, -0.05) is 29.8 Å². The highest BCUT2D eigenvalue weighted by molar-refractivity contribution is 5.94. The van der Waals surface area contributed by atoms with Crippen molar-refractivity contribution in [2.45, 2.75) is 13.3 Å². The summed E-state index contributed by atoms with van der Waals surface area (Å²) in [6, 6.07) is 13.3. The molecule has 0 aliphatic rings. The molecule has 0 aliphatic carbocycles. The molecule has 0 bridgehead atoms. The molecule has 4 nitrogen and oxygen atoms in total. The second kappa shape index (κ2) is 6.10. The molecule has 0 heterocycles. The van der Waals surface area contributed by atoms with Gasteiger partial charge in [0.05, 0.1) is 5.56 Å². The van der Waals surface area contributed by atoms with Crippen LogP contribution in [0, 0.1) is 6.92 Å². The lowest BCUT2D eigenvalue weighted by Gasteiger charge is -2.09. The molecule has 0 unspecified atom stereocenters. The molecular formula is C16H18N2O2. The average Bonchev–Trinajstić information content (AvgIpc) is 2.40. The fraction of sp³-hybridized carbons (Fsp3) is 0.188. The monoisotopic (exact) mass is 270 g/mol. The lowest BCUT2D eigenvalue weighted by Crippen LogP contribution is -2.07. The molecule has 0 aromatic heterocycles. The number of nitrogen functional groups attached to an aromatic ring is 1. The number of benzene rings is 2. The van der Waals surface area contributed by atoms with Gasteiger partial charge in [0.1, 0.15) is 0 Å². The maximum atomic E-state index is 11.0. The van der Waals surface area contributed by atoms with Crippen molar-refractivity contribution in [3.05, 3.63) is 59.2 Å². The molecule has 2 aromatic rings. The number of carbonyl (C=O) groups is 1. The van der Waals surface area contributed by atoms with Crippen LogP contribution in [0.3, 0.4) is 0 Å². The topological polar surface area (TPSA) is 75.3 Å². The van der Waals surface area contributed by atoms with Crippen molar-refractivity contribution in [2.24, 2.45) is 0 Å². The van der Waals surface area contributed by atoms with Gasteiger partial charge in [-0.3, -0.25) is 0 Å². The predicted octanol–water partition coefficient (Wildman–Crippen LogP) is 2.93. The first-order valence-electron chi connectivity index (χ1n) is 6.48. The summed E-state index contributed by atoms with van der Waals surface area (Å²) in [5.41, 5.74) is 9.29. The maximum absolute atomic E-state index is 11.0. The zero-order valence-corrected chi connectivity index (χ0v) is 11.4. The molecule has 0 spiro atoms. The van der Waals surface area contributed by atoms with E-state index in [-0.39, 0.29) is 11.3 Å². The molecule has 104 valence electrons. The molecule has 0 atom stereocenters. The zero-order chi connectivity index (χ0) is 14.5. The molecule has 0 amide bonds. The van der Waals surface area contributed by atoms with Crippen molar-refractivity contribution in [1.29, 1.82) is 0 Å². The van der Waals surface area contributed by atoms with Crippen LogP contribution in [0.2, 0.25) is 0 Å². The van der Waals surface area contributed by atoms with Gasteiger partial charge >= 0.3 is 5.97 Å². The molecule has 0 radical (unpaired) electrons. The first kappa shape index (κ1) is 13.9.